The fourth-order valence-electron chi connectivity index (χ4n) is 1.71. The highest BCUT2D eigenvalue weighted by Gasteiger charge is 2.39. The van der Waals surface area contributed by atoms with E-state index in [0.717, 1.165) is 0 Å². The third kappa shape index (κ3) is 1.67. The van der Waals surface area contributed by atoms with Gasteiger partial charge in [-0.25, -0.2) is 24.2 Å². The lowest BCUT2D eigenvalue weighted by Gasteiger charge is -2.28. The summed E-state index contributed by atoms with van der Waals surface area (Å²) < 4.78 is 4.42. The Morgan fingerprint density at radius 3 is 1.74 bits per heavy atom. The van der Waals surface area contributed by atoms with Crippen molar-refractivity contribution in [3.8, 4) is 0 Å². The van der Waals surface area contributed by atoms with Gasteiger partial charge in [-0.15, -0.1) is 0 Å². The lowest BCUT2D eigenvalue weighted by Crippen LogP contribution is -2.52. The molecule has 2 unspecified atom stereocenters. The average molecular weight is 266 g/mol. The Morgan fingerprint density at radius 1 is 0.947 bits per heavy atom. The number of hydrogen-bond acceptors (Lipinski definition) is 9. The molecule has 1 aliphatic heterocycles. The summed E-state index contributed by atoms with van der Waals surface area (Å²) in [6, 6.07) is -2.76. The molecule has 3 heterocycles. The number of carboxylic acids is 2. The number of anilines is 2. The van der Waals surface area contributed by atoms with Gasteiger partial charge < -0.3 is 20.8 Å². The van der Waals surface area contributed by atoms with E-state index in [1.54, 1.807) is 0 Å². The lowest BCUT2D eigenvalue weighted by molar-refractivity contribution is -0.145. The first-order valence-electron chi connectivity index (χ1n) is 5.05. The van der Waals surface area contributed by atoms with Crippen molar-refractivity contribution in [3.63, 3.8) is 0 Å². The van der Waals surface area contributed by atoms with Crippen LogP contribution in [0.25, 0.3) is 11.3 Å². The summed E-state index contributed by atoms with van der Waals surface area (Å²) in [7, 11) is 0. The SMILES string of the molecule is O=C(O)C1Nc2nc3nonc3nc2NC1C(=O)O. The fourth-order valence-corrected chi connectivity index (χ4v) is 1.71. The van der Waals surface area contributed by atoms with Crippen molar-refractivity contribution >= 4 is 34.9 Å². The van der Waals surface area contributed by atoms with E-state index in [4.69, 9.17) is 10.2 Å². The number of carboxylic acid groups (broad SMARTS) is 2. The molecule has 0 saturated carbocycles. The highest BCUT2D eigenvalue weighted by atomic mass is 16.6. The summed E-state index contributed by atoms with van der Waals surface area (Å²) in [5.74, 6) is -2.50. The summed E-state index contributed by atoms with van der Waals surface area (Å²) in [6.45, 7) is 0. The van der Waals surface area contributed by atoms with Gasteiger partial charge in [0.05, 0.1) is 0 Å². The van der Waals surface area contributed by atoms with E-state index >= 15 is 0 Å². The molecule has 0 saturated heterocycles. The van der Waals surface area contributed by atoms with Crippen LogP contribution in [-0.2, 0) is 9.59 Å². The first-order valence-corrected chi connectivity index (χ1v) is 5.05. The molecule has 98 valence electrons. The minimum absolute atomic E-state index is 0.0769. The number of rotatable bonds is 2. The molecule has 2 aromatic rings. The Kier molecular flexibility index (Phi) is 2.20. The van der Waals surface area contributed by atoms with Crippen LogP contribution in [0.1, 0.15) is 0 Å². The van der Waals surface area contributed by atoms with Gasteiger partial charge in [-0.1, -0.05) is 0 Å². The molecule has 11 heteroatoms. The van der Waals surface area contributed by atoms with Crippen molar-refractivity contribution in [2.45, 2.75) is 12.1 Å². The van der Waals surface area contributed by atoms with Crippen LogP contribution in [0.4, 0.5) is 11.6 Å². The molecule has 11 nitrogen and oxygen atoms in total. The molecule has 0 radical (unpaired) electrons. The molecule has 3 rings (SSSR count). The second kappa shape index (κ2) is 3.76. The third-order valence-corrected chi connectivity index (χ3v) is 2.56. The van der Waals surface area contributed by atoms with Gasteiger partial charge in [0, 0.05) is 0 Å². The maximum absolute atomic E-state index is 11.0. The molecule has 0 fully saturated rings. The van der Waals surface area contributed by atoms with E-state index in [1.807, 2.05) is 0 Å². The fraction of sp³-hybridized carbons (Fsp3) is 0.250. The van der Waals surface area contributed by atoms with Gasteiger partial charge in [0.25, 0.3) is 0 Å². The highest BCUT2D eigenvalue weighted by Crippen LogP contribution is 2.26. The van der Waals surface area contributed by atoms with E-state index in [2.05, 4.69) is 35.5 Å². The molecular weight excluding hydrogens is 260 g/mol. The van der Waals surface area contributed by atoms with E-state index < -0.39 is 24.0 Å². The zero-order valence-corrected chi connectivity index (χ0v) is 9.06. The molecule has 0 spiro atoms. The molecule has 0 amide bonds. The van der Waals surface area contributed by atoms with E-state index in [-0.39, 0.29) is 22.9 Å². The quantitative estimate of drug-likeness (QED) is 0.513. The largest absolute Gasteiger partial charge is 0.480 e. The zero-order valence-electron chi connectivity index (χ0n) is 9.06. The van der Waals surface area contributed by atoms with Crippen LogP contribution in [-0.4, -0.2) is 54.5 Å². The second-order valence-corrected chi connectivity index (χ2v) is 3.75. The van der Waals surface area contributed by atoms with Crippen molar-refractivity contribution in [1.29, 1.82) is 0 Å². The molecular formula is C8H6N6O5. The van der Waals surface area contributed by atoms with E-state index in [1.165, 1.54) is 0 Å². The lowest BCUT2D eigenvalue weighted by atomic mass is 10.1. The van der Waals surface area contributed by atoms with Crippen molar-refractivity contribution in [1.82, 2.24) is 20.3 Å². The van der Waals surface area contributed by atoms with Gasteiger partial charge in [-0.05, 0) is 10.3 Å². The summed E-state index contributed by atoms with van der Waals surface area (Å²) in [4.78, 5) is 29.9. The number of aliphatic carboxylic acids is 2. The average Bonchev–Trinajstić information content (AvgIpc) is 2.81. The highest BCUT2D eigenvalue weighted by molar-refractivity contribution is 5.93. The van der Waals surface area contributed by atoms with Crippen LogP contribution in [0.3, 0.4) is 0 Å². The second-order valence-electron chi connectivity index (χ2n) is 3.75. The van der Waals surface area contributed by atoms with Gasteiger partial charge in [0.1, 0.15) is 0 Å². The third-order valence-electron chi connectivity index (χ3n) is 2.56. The maximum atomic E-state index is 11.0. The smallest absolute Gasteiger partial charge is 0.328 e. The van der Waals surface area contributed by atoms with Crippen molar-refractivity contribution < 1.29 is 24.4 Å². The predicted molar refractivity (Wildman–Crippen MR) is 57.5 cm³/mol. The van der Waals surface area contributed by atoms with Gasteiger partial charge in [0.15, 0.2) is 23.7 Å². The molecule has 4 N–H and O–H groups in total. The first kappa shape index (κ1) is 11.1. The number of nitrogens with one attached hydrogen (secondary N) is 2. The maximum Gasteiger partial charge on any atom is 0.328 e. The van der Waals surface area contributed by atoms with Crippen molar-refractivity contribution in [2.24, 2.45) is 0 Å². The molecule has 2 atom stereocenters. The van der Waals surface area contributed by atoms with Gasteiger partial charge in [0.2, 0.25) is 11.3 Å². The normalized spacial score (nSPS) is 21.3. The molecule has 0 aromatic carbocycles. The number of fused-ring (bicyclic) bond motifs is 2. The van der Waals surface area contributed by atoms with E-state index in [9.17, 15) is 9.59 Å². The van der Waals surface area contributed by atoms with Crippen LogP contribution < -0.4 is 10.6 Å². The molecule has 1 aliphatic rings. The van der Waals surface area contributed by atoms with Crippen LogP contribution in [0, 0.1) is 0 Å². The van der Waals surface area contributed by atoms with Gasteiger partial charge in [-0.2, -0.15) is 0 Å². The summed E-state index contributed by atoms with van der Waals surface area (Å²) in [5, 5.41) is 29.9. The van der Waals surface area contributed by atoms with Crippen LogP contribution >= 0.6 is 0 Å². The molecule has 0 aliphatic carbocycles. The number of carbonyl (C=O) groups is 2. The van der Waals surface area contributed by atoms with Crippen LogP contribution in [0.5, 0.6) is 0 Å². The Bertz CT molecular complexity index is 627. The van der Waals surface area contributed by atoms with Crippen LogP contribution in [0.15, 0.2) is 4.63 Å². The Morgan fingerprint density at radius 2 is 1.37 bits per heavy atom. The van der Waals surface area contributed by atoms with Crippen LogP contribution in [0.2, 0.25) is 0 Å². The van der Waals surface area contributed by atoms with Crippen molar-refractivity contribution in [3.05, 3.63) is 0 Å². The Labute approximate surface area is 103 Å². The Balaban J connectivity index is 2.08. The summed E-state index contributed by atoms with van der Waals surface area (Å²) in [6.07, 6.45) is 0. The number of hydrogen-bond donors (Lipinski definition) is 4. The molecule has 0 bridgehead atoms. The molecule has 19 heavy (non-hydrogen) atoms. The standard InChI is InChI=1S/C8H6N6O5/c15-7(16)1-2(8(17)18)10-4-3(9-1)11-5-6(12-4)14-19-13-5/h1-2H,(H,15,16)(H,17,18)(H,9,11,13)(H,10,12,14). The summed E-state index contributed by atoms with van der Waals surface area (Å²) >= 11 is 0. The minimum atomic E-state index is -1.38. The minimum Gasteiger partial charge on any atom is -0.480 e. The summed E-state index contributed by atoms with van der Waals surface area (Å²) in [5.41, 5.74) is 0.178. The monoisotopic (exact) mass is 266 g/mol. The Hall–Kier alpha value is -2.98. The van der Waals surface area contributed by atoms with Gasteiger partial charge >= 0.3 is 11.9 Å². The predicted octanol–water partition coefficient (Wildman–Crippen LogP) is -1.24. The van der Waals surface area contributed by atoms with Gasteiger partial charge in [-0.3, -0.25) is 0 Å². The topological polar surface area (TPSA) is 163 Å². The number of aromatic nitrogens is 4. The zero-order chi connectivity index (χ0) is 13.6. The van der Waals surface area contributed by atoms with Crippen molar-refractivity contribution in [2.75, 3.05) is 10.6 Å². The number of nitrogens with zero attached hydrogens (tertiary/aromatic N) is 4. The molecule has 2 aromatic heterocycles. The first-order chi connectivity index (χ1) is 9.06. The van der Waals surface area contributed by atoms with E-state index in [0.29, 0.717) is 0 Å².